The third-order valence-electron chi connectivity index (χ3n) is 6.95. The van der Waals surface area contributed by atoms with E-state index in [0.717, 1.165) is 44.9 Å². The monoisotopic (exact) mass is 434 g/mol. The number of hydrogen-bond acceptors (Lipinski definition) is 1. The Morgan fingerprint density at radius 2 is 1.03 bits per heavy atom. The fourth-order valence-electron chi connectivity index (χ4n) is 5.14. The van der Waals surface area contributed by atoms with Crippen molar-refractivity contribution in [1.29, 1.82) is 0 Å². The van der Waals surface area contributed by atoms with Crippen LogP contribution >= 0.6 is 0 Å². The smallest absolute Gasteiger partial charge is 0.132 e. The van der Waals surface area contributed by atoms with Crippen LogP contribution in [0.15, 0.2) is 60.7 Å². The summed E-state index contributed by atoms with van der Waals surface area (Å²) in [6, 6.07) is 22.1. The van der Waals surface area contributed by atoms with Gasteiger partial charge in [-0.25, -0.2) is 0 Å². The molecule has 0 N–H and O–H groups in total. The summed E-state index contributed by atoms with van der Waals surface area (Å²) in [6.07, 6.45) is 17.4. The Kier molecular flexibility index (Phi) is 13.0. The zero-order valence-corrected chi connectivity index (χ0v) is 20.8. The lowest BCUT2D eigenvalue weighted by Crippen LogP contribution is -2.27. The van der Waals surface area contributed by atoms with E-state index in [0.29, 0.717) is 5.78 Å². The van der Waals surface area contributed by atoms with Gasteiger partial charge in [0.2, 0.25) is 0 Å². The maximum atomic E-state index is 12.3. The molecule has 0 fully saturated rings. The van der Waals surface area contributed by atoms with Gasteiger partial charge in [-0.3, -0.25) is 4.79 Å². The third kappa shape index (κ3) is 8.93. The summed E-state index contributed by atoms with van der Waals surface area (Å²) in [5.74, 6) is 0.476. The van der Waals surface area contributed by atoms with Crippen molar-refractivity contribution in [2.45, 2.75) is 116 Å². The van der Waals surface area contributed by atoms with Gasteiger partial charge >= 0.3 is 0 Å². The largest absolute Gasteiger partial charge is 0.300 e. The Balaban J connectivity index is 1.79. The fraction of sp³-hybridized carbons (Fsp3) is 0.581. The first-order chi connectivity index (χ1) is 15.7. The van der Waals surface area contributed by atoms with E-state index >= 15 is 0 Å². The third-order valence-corrected chi connectivity index (χ3v) is 6.95. The number of benzene rings is 2. The summed E-state index contributed by atoms with van der Waals surface area (Å²) >= 11 is 0. The highest BCUT2D eigenvalue weighted by atomic mass is 16.1. The molecule has 2 aromatic carbocycles. The van der Waals surface area contributed by atoms with Crippen LogP contribution in [0.2, 0.25) is 0 Å². The molecule has 0 aliphatic heterocycles. The first-order valence-corrected chi connectivity index (χ1v) is 13.4. The summed E-state index contributed by atoms with van der Waals surface area (Å²) in [6.45, 7) is 4.55. The zero-order valence-electron chi connectivity index (χ0n) is 20.8. The molecule has 0 bridgehead atoms. The van der Waals surface area contributed by atoms with Crippen LogP contribution in [-0.4, -0.2) is 5.78 Å². The van der Waals surface area contributed by atoms with Crippen LogP contribution in [0.5, 0.6) is 0 Å². The van der Waals surface area contributed by atoms with E-state index in [4.69, 9.17) is 0 Å². The highest BCUT2D eigenvalue weighted by molar-refractivity contribution is 5.78. The molecule has 0 aliphatic carbocycles. The first kappa shape index (κ1) is 26.4. The van der Waals surface area contributed by atoms with E-state index in [2.05, 4.69) is 74.5 Å². The lowest BCUT2D eigenvalue weighted by Gasteiger charge is -2.35. The Morgan fingerprint density at radius 3 is 1.53 bits per heavy atom. The summed E-state index contributed by atoms with van der Waals surface area (Å²) in [5.41, 5.74) is 2.95. The van der Waals surface area contributed by atoms with E-state index in [1.165, 1.54) is 62.5 Å². The van der Waals surface area contributed by atoms with E-state index in [1.807, 2.05) is 0 Å². The Labute approximate surface area is 198 Å². The minimum absolute atomic E-state index is 0.0824. The second-order valence-electron chi connectivity index (χ2n) is 9.53. The molecule has 1 heteroatoms. The molecule has 1 nitrogen and oxygen atoms in total. The van der Waals surface area contributed by atoms with Gasteiger partial charge in [-0.2, -0.15) is 0 Å². The number of carbonyl (C=O) groups is 1. The number of unbranched alkanes of at least 4 members (excludes halogenated alkanes) is 8. The van der Waals surface area contributed by atoms with Gasteiger partial charge in [0.25, 0.3) is 0 Å². The van der Waals surface area contributed by atoms with Gasteiger partial charge in [0.1, 0.15) is 5.78 Å². The maximum Gasteiger partial charge on any atom is 0.132 e. The molecule has 0 aliphatic rings. The molecule has 0 aromatic heterocycles. The average molecular weight is 435 g/mol. The van der Waals surface area contributed by atoms with Crippen molar-refractivity contribution in [3.63, 3.8) is 0 Å². The zero-order chi connectivity index (χ0) is 22.9. The van der Waals surface area contributed by atoms with Gasteiger partial charge in [-0.1, -0.05) is 132 Å². The van der Waals surface area contributed by atoms with Gasteiger partial charge < -0.3 is 0 Å². The minimum Gasteiger partial charge on any atom is -0.300 e. The summed E-state index contributed by atoms with van der Waals surface area (Å²) in [7, 11) is 0. The van der Waals surface area contributed by atoms with Gasteiger partial charge in [0.05, 0.1) is 0 Å². The fourth-order valence-corrected chi connectivity index (χ4v) is 5.14. The molecule has 176 valence electrons. The van der Waals surface area contributed by atoms with E-state index in [9.17, 15) is 4.79 Å². The molecular formula is C31H46O. The number of rotatable bonds is 18. The molecule has 0 unspecified atom stereocenters. The molecule has 0 heterocycles. The number of carbonyl (C=O) groups excluding carboxylic acids is 1. The van der Waals surface area contributed by atoms with Gasteiger partial charge in [-0.05, 0) is 36.8 Å². The molecule has 0 spiro atoms. The van der Waals surface area contributed by atoms with Crippen LogP contribution in [0, 0.1) is 0 Å². The van der Waals surface area contributed by atoms with Crippen molar-refractivity contribution < 1.29 is 4.79 Å². The van der Waals surface area contributed by atoms with Crippen molar-refractivity contribution in [1.82, 2.24) is 0 Å². The predicted molar refractivity (Wildman–Crippen MR) is 139 cm³/mol. The van der Waals surface area contributed by atoms with Crippen LogP contribution in [0.1, 0.15) is 121 Å². The van der Waals surface area contributed by atoms with Crippen molar-refractivity contribution in [3.05, 3.63) is 71.8 Å². The molecule has 2 aromatic rings. The lowest BCUT2D eigenvalue weighted by molar-refractivity contribution is -0.119. The predicted octanol–water partition coefficient (Wildman–Crippen LogP) is 9.43. The van der Waals surface area contributed by atoms with Crippen molar-refractivity contribution in [2.75, 3.05) is 0 Å². The normalized spacial score (nSPS) is 11.6. The molecule has 0 saturated heterocycles. The second kappa shape index (κ2) is 15.8. The Morgan fingerprint density at radius 1 is 0.562 bits per heavy atom. The molecular weight excluding hydrogens is 388 g/mol. The molecule has 0 saturated carbocycles. The number of Topliss-reactive ketones (excluding diaryl/α,β-unsaturated/α-hetero) is 1. The molecule has 32 heavy (non-hydrogen) atoms. The lowest BCUT2D eigenvalue weighted by atomic mass is 9.68. The van der Waals surface area contributed by atoms with Crippen molar-refractivity contribution >= 4 is 5.78 Å². The Hall–Kier alpha value is -1.89. The summed E-state index contributed by atoms with van der Waals surface area (Å²) < 4.78 is 0. The van der Waals surface area contributed by atoms with Crippen LogP contribution in [-0.2, 0) is 10.2 Å². The van der Waals surface area contributed by atoms with E-state index < -0.39 is 0 Å². The standard InChI is InChI=1S/C31H46O/c1-3-5-6-7-8-9-17-24-30(32)25-18-12-19-27-31(26-4-2,28-20-13-10-14-21-28)29-22-15-11-16-23-29/h10-11,13-16,20-23H,3-9,12,17-19,24-27H2,1-2H3. The second-order valence-corrected chi connectivity index (χ2v) is 9.53. The summed E-state index contributed by atoms with van der Waals surface area (Å²) in [5, 5.41) is 0. The van der Waals surface area contributed by atoms with E-state index in [-0.39, 0.29) is 5.41 Å². The SMILES string of the molecule is CCCCCCCCCC(=O)CCCCCC(CCC)(c1ccccc1)c1ccccc1. The molecule has 0 atom stereocenters. The van der Waals surface area contributed by atoms with Crippen LogP contribution < -0.4 is 0 Å². The summed E-state index contributed by atoms with van der Waals surface area (Å²) in [4.78, 5) is 12.3. The number of ketones is 1. The molecule has 0 amide bonds. The van der Waals surface area contributed by atoms with Crippen LogP contribution in [0.4, 0.5) is 0 Å². The highest BCUT2D eigenvalue weighted by Gasteiger charge is 2.32. The van der Waals surface area contributed by atoms with Gasteiger partial charge in [-0.15, -0.1) is 0 Å². The molecule has 0 radical (unpaired) electrons. The highest BCUT2D eigenvalue weighted by Crippen LogP contribution is 2.41. The Bertz CT molecular complexity index is 679. The molecule has 2 rings (SSSR count). The van der Waals surface area contributed by atoms with E-state index in [1.54, 1.807) is 0 Å². The van der Waals surface area contributed by atoms with Gasteiger partial charge in [0.15, 0.2) is 0 Å². The van der Waals surface area contributed by atoms with Crippen LogP contribution in [0.3, 0.4) is 0 Å². The average Bonchev–Trinajstić information content (AvgIpc) is 2.83. The quantitative estimate of drug-likeness (QED) is 0.213. The van der Waals surface area contributed by atoms with Crippen LogP contribution in [0.25, 0.3) is 0 Å². The number of hydrogen-bond donors (Lipinski definition) is 0. The van der Waals surface area contributed by atoms with Gasteiger partial charge in [0, 0.05) is 18.3 Å². The minimum atomic E-state index is 0.0824. The van der Waals surface area contributed by atoms with Crippen molar-refractivity contribution in [3.8, 4) is 0 Å². The maximum absolute atomic E-state index is 12.3. The van der Waals surface area contributed by atoms with Crippen molar-refractivity contribution in [2.24, 2.45) is 0 Å². The first-order valence-electron chi connectivity index (χ1n) is 13.4. The topological polar surface area (TPSA) is 17.1 Å².